The number of fused-ring (bicyclic) bond motifs is 2. The zero-order valence-corrected chi connectivity index (χ0v) is 18.8. The van der Waals surface area contributed by atoms with E-state index < -0.39 is 51.6 Å². The summed E-state index contributed by atoms with van der Waals surface area (Å²) in [6, 6.07) is 3.13. The molecule has 11 heteroatoms. The highest BCUT2D eigenvalue weighted by Crippen LogP contribution is 2.59. The van der Waals surface area contributed by atoms with Crippen LogP contribution in [0.3, 0.4) is 0 Å². The molecule has 0 N–H and O–H groups in total. The Labute approximate surface area is 185 Å². The molecule has 0 amide bonds. The molecule has 0 spiro atoms. The maximum absolute atomic E-state index is 13.0. The molecule has 2 aliphatic carbocycles. The molecular formula is C21H26F3O7S-. The molecule has 0 saturated heterocycles. The van der Waals surface area contributed by atoms with Gasteiger partial charge in [-0.05, 0) is 55.7 Å². The molecule has 2 saturated carbocycles. The van der Waals surface area contributed by atoms with Crippen LogP contribution < -0.4 is 9.47 Å². The molecule has 1 aromatic carbocycles. The Morgan fingerprint density at radius 1 is 1.19 bits per heavy atom. The van der Waals surface area contributed by atoms with E-state index >= 15 is 0 Å². The van der Waals surface area contributed by atoms with Gasteiger partial charge in [-0.15, -0.1) is 13.2 Å². The van der Waals surface area contributed by atoms with E-state index in [1.165, 1.54) is 0 Å². The molecule has 3 atom stereocenters. The molecule has 7 nitrogen and oxygen atoms in total. The standard InChI is InChI=1S/C21H27F3O7S/c1-19(2,3)20(12-13-4-6-15(20)10-13)30-17-11-14(5-7-16(17)31-21(22,23)24)18(25)29-8-9-32(26,27)28/h5,7,11,13,15H,4,6,8-10,12H2,1-3H3,(H,26,27,28)/p-1. The highest BCUT2D eigenvalue weighted by Gasteiger charge is 2.59. The van der Waals surface area contributed by atoms with Gasteiger partial charge in [0.05, 0.1) is 21.4 Å². The average molecular weight is 479 g/mol. The number of hydrogen-bond donors (Lipinski definition) is 0. The van der Waals surface area contributed by atoms with E-state index in [4.69, 9.17) is 9.47 Å². The van der Waals surface area contributed by atoms with Crippen molar-refractivity contribution in [3.05, 3.63) is 23.8 Å². The monoisotopic (exact) mass is 479 g/mol. The fourth-order valence-electron chi connectivity index (χ4n) is 4.92. The van der Waals surface area contributed by atoms with Crippen molar-refractivity contribution in [2.75, 3.05) is 12.4 Å². The molecule has 0 heterocycles. The Hall–Kier alpha value is -2.01. The molecule has 180 valence electrons. The number of hydrogen-bond acceptors (Lipinski definition) is 7. The lowest BCUT2D eigenvalue weighted by Crippen LogP contribution is -2.52. The zero-order valence-electron chi connectivity index (χ0n) is 18.0. The van der Waals surface area contributed by atoms with Crippen molar-refractivity contribution >= 4 is 16.1 Å². The third-order valence-corrected chi connectivity index (χ3v) is 6.99. The first kappa shape index (κ1) is 24.6. The minimum absolute atomic E-state index is 0.148. The van der Waals surface area contributed by atoms with Crippen molar-refractivity contribution in [3.63, 3.8) is 0 Å². The van der Waals surface area contributed by atoms with Crippen molar-refractivity contribution < 1.29 is 45.1 Å². The Morgan fingerprint density at radius 2 is 1.88 bits per heavy atom. The maximum Gasteiger partial charge on any atom is 0.573 e. The van der Waals surface area contributed by atoms with Crippen LogP contribution >= 0.6 is 0 Å². The van der Waals surface area contributed by atoms with Crippen molar-refractivity contribution in [1.82, 2.24) is 0 Å². The second-order valence-corrected chi connectivity index (χ2v) is 11.0. The molecule has 0 radical (unpaired) electrons. The van der Waals surface area contributed by atoms with Crippen LogP contribution in [0.15, 0.2) is 18.2 Å². The number of carbonyl (C=O) groups excluding carboxylic acids is 1. The van der Waals surface area contributed by atoms with E-state index in [9.17, 15) is 30.9 Å². The Bertz CT molecular complexity index is 969. The first-order valence-electron chi connectivity index (χ1n) is 10.3. The summed E-state index contributed by atoms with van der Waals surface area (Å²) >= 11 is 0. The minimum Gasteiger partial charge on any atom is -0.748 e. The molecule has 1 aromatic rings. The van der Waals surface area contributed by atoms with E-state index in [2.05, 4.69) is 4.74 Å². The van der Waals surface area contributed by atoms with Gasteiger partial charge in [-0.25, -0.2) is 13.2 Å². The van der Waals surface area contributed by atoms with Crippen LogP contribution in [0.1, 0.15) is 56.8 Å². The third kappa shape index (κ3) is 5.48. The highest BCUT2D eigenvalue weighted by molar-refractivity contribution is 7.85. The van der Waals surface area contributed by atoms with Gasteiger partial charge in [0.1, 0.15) is 12.2 Å². The molecule has 3 rings (SSSR count). The predicted octanol–water partition coefficient (Wildman–Crippen LogP) is 4.27. The molecule has 3 unspecified atom stereocenters. The summed E-state index contributed by atoms with van der Waals surface area (Å²) in [5.74, 6) is -2.14. The van der Waals surface area contributed by atoms with E-state index in [1.807, 2.05) is 20.8 Å². The molecule has 0 aliphatic heterocycles. The van der Waals surface area contributed by atoms with Crippen LogP contribution in [0.2, 0.25) is 0 Å². The molecule has 2 aliphatic rings. The summed E-state index contributed by atoms with van der Waals surface area (Å²) in [4.78, 5) is 12.3. The van der Waals surface area contributed by atoms with Crippen LogP contribution in [0.25, 0.3) is 0 Å². The first-order valence-corrected chi connectivity index (χ1v) is 11.9. The van der Waals surface area contributed by atoms with Crippen molar-refractivity contribution in [1.29, 1.82) is 0 Å². The number of rotatable bonds is 7. The maximum atomic E-state index is 13.0. The van der Waals surface area contributed by atoms with Gasteiger partial charge in [-0.3, -0.25) is 0 Å². The number of carbonyl (C=O) groups is 1. The highest BCUT2D eigenvalue weighted by atomic mass is 32.2. The van der Waals surface area contributed by atoms with Gasteiger partial charge in [0, 0.05) is 5.41 Å². The second kappa shape index (κ2) is 8.40. The molecule has 2 bridgehead atoms. The zero-order chi connectivity index (χ0) is 23.9. The average Bonchev–Trinajstić information content (AvgIpc) is 3.22. The van der Waals surface area contributed by atoms with E-state index in [-0.39, 0.29) is 17.2 Å². The van der Waals surface area contributed by atoms with Crippen molar-refractivity contribution in [2.45, 2.75) is 58.4 Å². The minimum atomic E-state index is -4.97. The van der Waals surface area contributed by atoms with Gasteiger partial charge >= 0.3 is 12.3 Å². The first-order chi connectivity index (χ1) is 14.6. The third-order valence-electron chi connectivity index (χ3n) is 6.33. The Morgan fingerprint density at radius 3 is 2.38 bits per heavy atom. The van der Waals surface area contributed by atoms with Crippen LogP contribution in [0, 0.1) is 17.3 Å². The number of halogens is 3. The van der Waals surface area contributed by atoms with Gasteiger partial charge in [0.2, 0.25) is 0 Å². The summed E-state index contributed by atoms with van der Waals surface area (Å²) in [5, 5.41) is 0. The molecule has 2 fully saturated rings. The predicted molar refractivity (Wildman–Crippen MR) is 106 cm³/mol. The van der Waals surface area contributed by atoms with E-state index in [0.29, 0.717) is 12.3 Å². The molecule has 32 heavy (non-hydrogen) atoms. The van der Waals surface area contributed by atoms with Gasteiger partial charge in [-0.2, -0.15) is 0 Å². The fraction of sp³-hybridized carbons (Fsp3) is 0.667. The van der Waals surface area contributed by atoms with Crippen LogP contribution in [-0.4, -0.2) is 43.3 Å². The number of alkyl halides is 3. The number of ether oxygens (including phenoxy) is 3. The lowest BCUT2D eigenvalue weighted by molar-refractivity contribution is -0.275. The normalized spacial score (nSPS) is 25.6. The fourth-order valence-corrected chi connectivity index (χ4v) is 5.20. The summed E-state index contributed by atoms with van der Waals surface area (Å²) < 4.78 is 86.2. The molecule has 0 aromatic heterocycles. The summed E-state index contributed by atoms with van der Waals surface area (Å²) in [6.07, 6.45) is -1.40. The Balaban J connectivity index is 1.92. The van der Waals surface area contributed by atoms with Crippen LogP contribution in [0.5, 0.6) is 11.5 Å². The van der Waals surface area contributed by atoms with Crippen molar-refractivity contribution in [2.24, 2.45) is 17.3 Å². The van der Waals surface area contributed by atoms with Gasteiger partial charge in [0.15, 0.2) is 11.5 Å². The smallest absolute Gasteiger partial charge is 0.573 e. The van der Waals surface area contributed by atoms with Gasteiger partial charge in [0.25, 0.3) is 0 Å². The quantitative estimate of drug-likeness (QED) is 0.425. The lowest BCUT2D eigenvalue weighted by atomic mass is 9.67. The molecular weight excluding hydrogens is 453 g/mol. The van der Waals surface area contributed by atoms with Crippen LogP contribution in [0.4, 0.5) is 13.2 Å². The van der Waals surface area contributed by atoms with E-state index in [0.717, 1.165) is 37.5 Å². The van der Waals surface area contributed by atoms with Crippen LogP contribution in [-0.2, 0) is 14.9 Å². The number of esters is 1. The SMILES string of the molecule is CC(C)(C)C1(Oc2cc(C(=O)OCCS(=O)(=O)[O-])ccc2OC(F)(F)F)CC2CCC1C2. The topological polar surface area (TPSA) is 102 Å². The lowest BCUT2D eigenvalue weighted by Gasteiger charge is -2.48. The summed E-state index contributed by atoms with van der Waals surface area (Å²) in [6.45, 7) is 5.25. The largest absolute Gasteiger partial charge is 0.748 e. The summed E-state index contributed by atoms with van der Waals surface area (Å²) in [7, 11) is -4.58. The summed E-state index contributed by atoms with van der Waals surface area (Å²) in [5.41, 5.74) is -1.29. The van der Waals surface area contributed by atoms with Gasteiger partial charge in [-0.1, -0.05) is 20.8 Å². The van der Waals surface area contributed by atoms with Gasteiger partial charge < -0.3 is 18.8 Å². The van der Waals surface area contributed by atoms with Crippen molar-refractivity contribution in [3.8, 4) is 11.5 Å². The second-order valence-electron chi connectivity index (χ2n) is 9.43. The number of benzene rings is 1. The Kier molecular flexibility index (Phi) is 6.47. The van der Waals surface area contributed by atoms with E-state index in [1.54, 1.807) is 0 Å².